The van der Waals surface area contributed by atoms with E-state index < -0.39 is 5.97 Å². The van der Waals surface area contributed by atoms with Gasteiger partial charge in [0, 0.05) is 17.0 Å². The van der Waals surface area contributed by atoms with Gasteiger partial charge in [-0.05, 0) is 53.2 Å². The van der Waals surface area contributed by atoms with E-state index in [1.54, 1.807) is 48.5 Å². The molecule has 1 fully saturated rings. The number of rotatable bonds is 4. The lowest BCUT2D eigenvalue weighted by atomic mass is 10.2. The number of hydrogen-bond acceptors (Lipinski definition) is 5. The molecule has 0 N–H and O–H groups in total. The molecule has 27 heavy (non-hydrogen) atoms. The van der Waals surface area contributed by atoms with E-state index >= 15 is 0 Å². The van der Waals surface area contributed by atoms with Gasteiger partial charge in [0.1, 0.15) is 5.75 Å². The number of nitrogens with zero attached hydrogens (tertiary/aromatic N) is 1. The molecule has 5 nitrogen and oxygen atoms in total. The first-order chi connectivity index (χ1) is 12.8. The fourth-order valence-electron chi connectivity index (χ4n) is 2.41. The Hall–Kier alpha value is -2.28. The van der Waals surface area contributed by atoms with Crippen LogP contribution in [-0.4, -0.2) is 22.0 Å². The molecule has 2 amide bonds. The van der Waals surface area contributed by atoms with Crippen LogP contribution >= 0.6 is 35.0 Å². The number of benzene rings is 2. The Balaban J connectivity index is 1.77. The van der Waals surface area contributed by atoms with Crippen molar-refractivity contribution in [1.29, 1.82) is 0 Å². The second kappa shape index (κ2) is 8.17. The van der Waals surface area contributed by atoms with Gasteiger partial charge in [-0.25, -0.2) is 0 Å². The number of carbonyl (C=O) groups is 3. The summed E-state index contributed by atoms with van der Waals surface area (Å²) in [5.74, 6) is -0.394. The van der Waals surface area contributed by atoms with E-state index in [9.17, 15) is 14.4 Å². The molecule has 1 aliphatic heterocycles. The first-order valence-electron chi connectivity index (χ1n) is 7.81. The monoisotopic (exact) mass is 421 g/mol. The van der Waals surface area contributed by atoms with Gasteiger partial charge in [0.25, 0.3) is 11.1 Å². The first-order valence-corrected chi connectivity index (χ1v) is 9.38. The summed E-state index contributed by atoms with van der Waals surface area (Å²) >= 11 is 12.9. The predicted molar refractivity (Wildman–Crippen MR) is 106 cm³/mol. The maximum absolute atomic E-state index is 12.6. The number of carbonyl (C=O) groups excluding carboxylic acids is 3. The third kappa shape index (κ3) is 4.71. The van der Waals surface area contributed by atoms with Gasteiger partial charge < -0.3 is 4.74 Å². The Kier molecular flexibility index (Phi) is 5.89. The van der Waals surface area contributed by atoms with Crippen LogP contribution in [0.4, 0.5) is 4.79 Å². The van der Waals surface area contributed by atoms with Gasteiger partial charge >= 0.3 is 5.97 Å². The van der Waals surface area contributed by atoms with Gasteiger partial charge in [0.2, 0.25) is 0 Å². The zero-order valence-electron chi connectivity index (χ0n) is 14.1. The zero-order valence-corrected chi connectivity index (χ0v) is 16.4. The van der Waals surface area contributed by atoms with Crippen molar-refractivity contribution in [2.24, 2.45) is 0 Å². The molecule has 0 spiro atoms. The van der Waals surface area contributed by atoms with Crippen LogP contribution in [0.2, 0.25) is 10.0 Å². The summed E-state index contributed by atoms with van der Waals surface area (Å²) in [7, 11) is 0. The van der Waals surface area contributed by atoms with Crippen LogP contribution in [-0.2, 0) is 16.1 Å². The molecule has 0 aromatic heterocycles. The molecule has 1 aliphatic rings. The molecule has 0 atom stereocenters. The Labute approximate surface area is 169 Å². The molecule has 8 heteroatoms. The molecule has 2 aromatic rings. The van der Waals surface area contributed by atoms with Crippen molar-refractivity contribution in [3.05, 3.63) is 68.5 Å². The Morgan fingerprint density at radius 3 is 2.48 bits per heavy atom. The highest BCUT2D eigenvalue weighted by Gasteiger charge is 2.35. The van der Waals surface area contributed by atoms with E-state index in [1.807, 2.05) is 0 Å². The Bertz CT molecular complexity index is 957. The lowest BCUT2D eigenvalue weighted by Crippen LogP contribution is -2.27. The number of hydrogen-bond donors (Lipinski definition) is 0. The molecule has 0 radical (unpaired) electrons. The summed E-state index contributed by atoms with van der Waals surface area (Å²) in [4.78, 5) is 37.2. The van der Waals surface area contributed by atoms with Gasteiger partial charge in [-0.1, -0.05) is 41.4 Å². The zero-order chi connectivity index (χ0) is 19.6. The topological polar surface area (TPSA) is 63.7 Å². The third-order valence-electron chi connectivity index (χ3n) is 3.66. The number of amides is 2. The van der Waals surface area contributed by atoms with Crippen LogP contribution in [0, 0.1) is 0 Å². The van der Waals surface area contributed by atoms with Crippen LogP contribution in [0.25, 0.3) is 6.08 Å². The summed E-state index contributed by atoms with van der Waals surface area (Å²) in [6.45, 7) is 1.39. The van der Waals surface area contributed by atoms with Crippen molar-refractivity contribution in [3.63, 3.8) is 0 Å². The van der Waals surface area contributed by atoms with Crippen LogP contribution in [0.3, 0.4) is 0 Å². The second-order valence-corrected chi connectivity index (χ2v) is 7.50. The van der Waals surface area contributed by atoms with Gasteiger partial charge in [0.05, 0.1) is 11.4 Å². The van der Waals surface area contributed by atoms with Crippen LogP contribution in [0.1, 0.15) is 18.1 Å². The Morgan fingerprint density at radius 1 is 1.15 bits per heavy atom. The van der Waals surface area contributed by atoms with Gasteiger partial charge in [-0.3, -0.25) is 19.3 Å². The standard InChI is InChI=1S/C19H13Cl2NO4S/c1-11(23)26-15-6-2-12(3-7-15)8-17-18(24)22(19(25)27-17)10-13-4-5-14(20)9-16(13)21/h2-9H,10H2,1H3/b17-8+. The molecule has 138 valence electrons. The molecule has 1 saturated heterocycles. The maximum Gasteiger partial charge on any atom is 0.308 e. The minimum atomic E-state index is -0.412. The molecule has 3 rings (SSSR count). The quantitative estimate of drug-likeness (QED) is 0.387. The summed E-state index contributed by atoms with van der Waals surface area (Å²) in [6.07, 6.45) is 1.62. The minimum Gasteiger partial charge on any atom is -0.427 e. The smallest absolute Gasteiger partial charge is 0.308 e. The number of imide groups is 1. The average molecular weight is 422 g/mol. The number of thioether (sulfide) groups is 1. The number of esters is 1. The minimum absolute atomic E-state index is 0.0728. The highest BCUT2D eigenvalue weighted by atomic mass is 35.5. The van der Waals surface area contributed by atoms with Crippen molar-refractivity contribution >= 4 is 58.2 Å². The van der Waals surface area contributed by atoms with Crippen molar-refractivity contribution in [2.45, 2.75) is 13.5 Å². The van der Waals surface area contributed by atoms with Crippen LogP contribution in [0.15, 0.2) is 47.4 Å². The molecular formula is C19H13Cl2NO4S. The van der Waals surface area contributed by atoms with Crippen LogP contribution < -0.4 is 4.74 Å². The summed E-state index contributed by atoms with van der Waals surface area (Å²) < 4.78 is 4.96. The number of halogens is 2. The van der Waals surface area contributed by atoms with E-state index in [0.29, 0.717) is 31.8 Å². The van der Waals surface area contributed by atoms with Crippen LogP contribution in [0.5, 0.6) is 5.75 Å². The molecule has 0 unspecified atom stereocenters. The van der Waals surface area contributed by atoms with Gasteiger partial charge in [0.15, 0.2) is 0 Å². The van der Waals surface area contributed by atoms with Crippen molar-refractivity contribution in [3.8, 4) is 5.75 Å². The second-order valence-electron chi connectivity index (χ2n) is 5.67. The SMILES string of the molecule is CC(=O)Oc1ccc(/C=C2/SC(=O)N(Cc3ccc(Cl)cc3Cl)C2=O)cc1. The fraction of sp³-hybridized carbons (Fsp3) is 0.105. The van der Waals surface area contributed by atoms with E-state index in [1.165, 1.54) is 6.92 Å². The van der Waals surface area contributed by atoms with Crippen molar-refractivity contribution < 1.29 is 19.1 Å². The first kappa shape index (κ1) is 19.5. The molecule has 0 saturated carbocycles. The molecule has 1 heterocycles. The third-order valence-corrected chi connectivity index (χ3v) is 5.15. The normalized spacial score (nSPS) is 15.5. The average Bonchev–Trinajstić information content (AvgIpc) is 2.86. The molecular weight excluding hydrogens is 409 g/mol. The summed E-state index contributed by atoms with van der Waals surface area (Å²) in [6, 6.07) is 11.5. The highest BCUT2D eigenvalue weighted by Crippen LogP contribution is 2.34. The van der Waals surface area contributed by atoms with Crippen molar-refractivity contribution in [2.75, 3.05) is 0 Å². The Morgan fingerprint density at radius 2 is 1.85 bits per heavy atom. The molecule has 0 aliphatic carbocycles. The van der Waals surface area contributed by atoms with E-state index in [2.05, 4.69) is 0 Å². The lowest BCUT2D eigenvalue weighted by Gasteiger charge is -2.13. The summed E-state index contributed by atoms with van der Waals surface area (Å²) in [5.41, 5.74) is 1.34. The lowest BCUT2D eigenvalue weighted by molar-refractivity contribution is -0.131. The van der Waals surface area contributed by atoms with E-state index in [4.69, 9.17) is 27.9 Å². The maximum atomic E-state index is 12.6. The van der Waals surface area contributed by atoms with Crippen molar-refractivity contribution in [1.82, 2.24) is 4.90 Å². The van der Waals surface area contributed by atoms with E-state index in [-0.39, 0.29) is 17.7 Å². The van der Waals surface area contributed by atoms with Gasteiger partial charge in [-0.15, -0.1) is 0 Å². The van der Waals surface area contributed by atoms with Gasteiger partial charge in [-0.2, -0.15) is 0 Å². The largest absolute Gasteiger partial charge is 0.427 e. The fourth-order valence-corrected chi connectivity index (χ4v) is 3.71. The predicted octanol–water partition coefficient (Wildman–Crippen LogP) is 5.16. The van der Waals surface area contributed by atoms with E-state index in [0.717, 1.165) is 16.7 Å². The molecule has 2 aromatic carbocycles. The number of ether oxygens (including phenoxy) is 1. The highest BCUT2D eigenvalue weighted by molar-refractivity contribution is 8.18. The summed E-state index contributed by atoms with van der Waals surface area (Å²) in [5, 5.41) is 0.510. The molecule has 0 bridgehead atoms.